The molecule has 0 aromatic heterocycles. The van der Waals surface area contributed by atoms with Gasteiger partial charge in [0.05, 0.1) is 10.5 Å². The fraction of sp³-hybridized carbons (Fsp3) is 0.520. The molecule has 2 heterocycles. The van der Waals surface area contributed by atoms with Crippen LogP contribution in [0.5, 0.6) is 0 Å². The third-order valence-corrected chi connectivity index (χ3v) is 8.13. The molecule has 34 heavy (non-hydrogen) atoms. The summed E-state index contributed by atoms with van der Waals surface area (Å²) in [6, 6.07) is 13.2. The summed E-state index contributed by atoms with van der Waals surface area (Å²) in [5.41, 5.74) is 1.16. The summed E-state index contributed by atoms with van der Waals surface area (Å²) in [6.07, 6.45) is -0.925. The molecule has 0 bridgehead atoms. The minimum absolute atomic E-state index is 0.418. The van der Waals surface area contributed by atoms with E-state index in [9.17, 15) is 21.6 Å². The predicted octanol–water partition coefficient (Wildman–Crippen LogP) is 3.89. The van der Waals surface area contributed by atoms with Crippen molar-refractivity contribution in [1.82, 2.24) is 14.7 Å². The van der Waals surface area contributed by atoms with Crippen molar-refractivity contribution in [3.05, 3.63) is 65.2 Å². The zero-order valence-electron chi connectivity index (χ0n) is 19.5. The lowest BCUT2D eigenvalue weighted by Gasteiger charge is -2.43. The maximum absolute atomic E-state index is 12.8. The highest BCUT2D eigenvalue weighted by molar-refractivity contribution is 7.90. The molecule has 2 aromatic carbocycles. The van der Waals surface area contributed by atoms with Gasteiger partial charge in [-0.05, 0) is 55.3 Å². The Morgan fingerprint density at radius 2 is 1.41 bits per heavy atom. The van der Waals surface area contributed by atoms with Crippen molar-refractivity contribution in [2.45, 2.75) is 43.0 Å². The highest BCUT2D eigenvalue weighted by Gasteiger charge is 2.30. The summed E-state index contributed by atoms with van der Waals surface area (Å²) in [7, 11) is -3.24. The number of benzene rings is 2. The number of hydrogen-bond donors (Lipinski definition) is 0. The van der Waals surface area contributed by atoms with Gasteiger partial charge in [-0.15, -0.1) is 0 Å². The van der Waals surface area contributed by atoms with Gasteiger partial charge < -0.3 is 0 Å². The molecule has 9 heteroatoms. The number of halogens is 3. The Morgan fingerprint density at radius 3 is 2.00 bits per heavy atom. The minimum Gasteiger partial charge on any atom is -0.299 e. The van der Waals surface area contributed by atoms with Gasteiger partial charge in [-0.1, -0.05) is 30.3 Å². The smallest absolute Gasteiger partial charge is 0.299 e. The zero-order valence-corrected chi connectivity index (χ0v) is 20.3. The van der Waals surface area contributed by atoms with Crippen molar-refractivity contribution in [2.75, 3.05) is 45.5 Å². The van der Waals surface area contributed by atoms with Crippen LogP contribution < -0.4 is 0 Å². The van der Waals surface area contributed by atoms with Crippen LogP contribution in [-0.2, 0) is 29.1 Å². The van der Waals surface area contributed by atoms with Gasteiger partial charge in [-0.2, -0.15) is 13.2 Å². The number of piperidine rings is 1. The maximum atomic E-state index is 12.8. The molecule has 2 aliphatic heterocycles. The average molecular weight is 496 g/mol. The highest BCUT2D eigenvalue weighted by atomic mass is 32.2. The van der Waals surface area contributed by atoms with E-state index in [2.05, 4.69) is 14.7 Å². The van der Waals surface area contributed by atoms with Crippen LogP contribution in [-0.4, -0.2) is 74.7 Å². The van der Waals surface area contributed by atoms with E-state index in [1.807, 2.05) is 12.1 Å². The van der Waals surface area contributed by atoms with E-state index in [1.165, 1.54) is 6.26 Å². The summed E-state index contributed by atoms with van der Waals surface area (Å²) in [5.74, 6) is 0. The summed E-state index contributed by atoms with van der Waals surface area (Å²) >= 11 is 0. The van der Waals surface area contributed by atoms with E-state index in [4.69, 9.17) is 0 Å². The van der Waals surface area contributed by atoms with Crippen molar-refractivity contribution >= 4 is 9.84 Å². The second kappa shape index (κ2) is 10.4. The lowest BCUT2D eigenvalue weighted by Crippen LogP contribution is -2.52. The quantitative estimate of drug-likeness (QED) is 0.609. The number of nitrogens with zero attached hydrogens (tertiary/aromatic N) is 3. The fourth-order valence-electron chi connectivity index (χ4n) is 5.02. The van der Waals surface area contributed by atoms with Crippen LogP contribution in [0.4, 0.5) is 13.2 Å². The number of hydrogen-bond acceptors (Lipinski definition) is 5. The second-order valence-corrected chi connectivity index (χ2v) is 11.4. The Kier molecular flexibility index (Phi) is 7.66. The largest absolute Gasteiger partial charge is 0.416 e. The first-order chi connectivity index (χ1) is 16.1. The van der Waals surface area contributed by atoms with Crippen molar-refractivity contribution in [2.24, 2.45) is 0 Å². The lowest BCUT2D eigenvalue weighted by atomic mass is 10.0. The topological polar surface area (TPSA) is 43.9 Å². The molecule has 0 aliphatic carbocycles. The summed E-state index contributed by atoms with van der Waals surface area (Å²) in [6.45, 7) is 6.93. The monoisotopic (exact) mass is 495 g/mol. The van der Waals surface area contributed by atoms with Gasteiger partial charge >= 0.3 is 6.18 Å². The van der Waals surface area contributed by atoms with Gasteiger partial charge in [0, 0.05) is 51.6 Å². The van der Waals surface area contributed by atoms with E-state index in [-0.39, 0.29) is 0 Å². The first kappa shape index (κ1) is 25.2. The molecule has 0 saturated carbocycles. The van der Waals surface area contributed by atoms with Crippen LogP contribution in [0.25, 0.3) is 0 Å². The first-order valence-electron chi connectivity index (χ1n) is 11.7. The zero-order chi connectivity index (χ0) is 24.3. The summed E-state index contributed by atoms with van der Waals surface area (Å²) < 4.78 is 62.4. The number of piperazine rings is 1. The van der Waals surface area contributed by atoms with Crippen LogP contribution in [0.2, 0.25) is 0 Å². The molecule has 0 amide bonds. The van der Waals surface area contributed by atoms with E-state index < -0.39 is 21.6 Å². The molecule has 0 radical (unpaired) electrons. The van der Waals surface area contributed by atoms with Crippen LogP contribution in [0.3, 0.4) is 0 Å². The number of alkyl halides is 3. The average Bonchev–Trinajstić information content (AvgIpc) is 2.80. The molecule has 2 aromatic rings. The molecule has 0 spiro atoms. The number of rotatable bonds is 6. The molecular formula is C25H32F3N3O2S. The van der Waals surface area contributed by atoms with Gasteiger partial charge in [0.25, 0.3) is 0 Å². The molecular weight excluding hydrogens is 463 g/mol. The van der Waals surface area contributed by atoms with Crippen molar-refractivity contribution in [3.8, 4) is 0 Å². The lowest BCUT2D eigenvalue weighted by molar-refractivity contribution is -0.137. The molecule has 0 unspecified atom stereocenters. The van der Waals surface area contributed by atoms with Gasteiger partial charge in [0.15, 0.2) is 9.84 Å². The molecule has 0 atom stereocenters. The summed E-state index contributed by atoms with van der Waals surface area (Å²) in [4.78, 5) is 7.59. The molecule has 2 saturated heterocycles. The Labute approximate surface area is 200 Å². The maximum Gasteiger partial charge on any atom is 0.416 e. The van der Waals surface area contributed by atoms with E-state index in [0.717, 1.165) is 75.4 Å². The molecule has 5 nitrogen and oxygen atoms in total. The SMILES string of the molecule is CS(=O)(=O)c1ccccc1CN1CCC(N2CCN(Cc3ccc(C(F)(F)F)cc3)CC2)CC1. The minimum atomic E-state index is -4.29. The van der Waals surface area contributed by atoms with Crippen molar-refractivity contribution in [3.63, 3.8) is 0 Å². The Hall–Kier alpha value is -1.94. The third kappa shape index (κ3) is 6.38. The van der Waals surface area contributed by atoms with Crippen LogP contribution in [0, 0.1) is 0 Å². The molecule has 4 rings (SSSR count). The van der Waals surface area contributed by atoms with Gasteiger partial charge in [0.1, 0.15) is 0 Å². The summed E-state index contributed by atoms with van der Waals surface area (Å²) in [5, 5.41) is 0. The van der Waals surface area contributed by atoms with Crippen LogP contribution >= 0.6 is 0 Å². The number of sulfone groups is 1. The van der Waals surface area contributed by atoms with Crippen molar-refractivity contribution < 1.29 is 21.6 Å². The van der Waals surface area contributed by atoms with Gasteiger partial charge in [-0.25, -0.2) is 8.42 Å². The van der Waals surface area contributed by atoms with E-state index in [0.29, 0.717) is 24.0 Å². The van der Waals surface area contributed by atoms with Crippen molar-refractivity contribution in [1.29, 1.82) is 0 Å². The molecule has 186 valence electrons. The van der Waals surface area contributed by atoms with E-state index in [1.54, 1.807) is 24.3 Å². The standard InChI is InChI=1S/C25H32F3N3O2S/c1-34(32,33)24-5-3-2-4-21(24)19-29-12-10-23(11-13-29)31-16-14-30(15-17-31)18-20-6-8-22(9-7-20)25(26,27)28/h2-9,23H,10-19H2,1H3. The predicted molar refractivity (Wildman–Crippen MR) is 126 cm³/mol. The van der Waals surface area contributed by atoms with Gasteiger partial charge in [0.2, 0.25) is 0 Å². The van der Waals surface area contributed by atoms with Crippen LogP contribution in [0.1, 0.15) is 29.5 Å². The Morgan fingerprint density at radius 1 is 0.824 bits per heavy atom. The molecule has 2 fully saturated rings. The first-order valence-corrected chi connectivity index (χ1v) is 13.6. The fourth-order valence-corrected chi connectivity index (χ4v) is 5.96. The van der Waals surface area contributed by atoms with Gasteiger partial charge in [-0.3, -0.25) is 14.7 Å². The number of likely N-dealkylation sites (tertiary alicyclic amines) is 1. The highest BCUT2D eigenvalue weighted by Crippen LogP contribution is 2.29. The van der Waals surface area contributed by atoms with Crippen LogP contribution in [0.15, 0.2) is 53.4 Å². The second-order valence-electron chi connectivity index (χ2n) is 9.39. The Balaban J connectivity index is 1.23. The third-order valence-electron chi connectivity index (χ3n) is 6.93. The molecule has 0 N–H and O–H groups in total. The Bertz CT molecular complexity index is 1060. The molecule has 2 aliphatic rings. The normalized spacial score (nSPS) is 20.0. The van der Waals surface area contributed by atoms with E-state index >= 15 is 0 Å².